The molecule has 2 aromatic carbocycles. The van der Waals surface area contributed by atoms with Crippen LogP contribution in [0, 0.1) is 6.92 Å². The molecule has 0 aliphatic heterocycles. The normalized spacial score (nSPS) is 13.7. The maximum absolute atomic E-state index is 9.16. The Bertz CT molecular complexity index is 927. The third kappa shape index (κ3) is 3.53. The van der Waals surface area contributed by atoms with E-state index in [1.807, 2.05) is 36.4 Å². The zero-order chi connectivity index (χ0) is 18.6. The Hall–Kier alpha value is -2.17. The third-order valence-electron chi connectivity index (χ3n) is 4.64. The van der Waals surface area contributed by atoms with Gasteiger partial charge in [-0.1, -0.05) is 63.9 Å². The molecule has 1 aromatic heterocycles. The number of halogens is 2. The summed E-state index contributed by atoms with van der Waals surface area (Å²) in [6.45, 7) is 2.09. The molecule has 0 bridgehead atoms. The Morgan fingerprint density at radius 3 is 2.50 bits per heavy atom. The van der Waals surface area contributed by atoms with Gasteiger partial charge >= 0.3 is 0 Å². The van der Waals surface area contributed by atoms with Crippen molar-refractivity contribution < 1.29 is 5.21 Å². The number of hydrogen-bond acceptors (Lipinski definition) is 3. The van der Waals surface area contributed by atoms with Crippen LogP contribution in [0.2, 0.25) is 5.15 Å². The van der Waals surface area contributed by atoms with E-state index in [1.54, 1.807) is 6.20 Å². The molecule has 0 amide bonds. The van der Waals surface area contributed by atoms with E-state index in [4.69, 9.17) is 16.8 Å². The molecule has 26 heavy (non-hydrogen) atoms. The molecule has 0 radical (unpaired) electrons. The summed E-state index contributed by atoms with van der Waals surface area (Å²) in [4.78, 5) is 4.13. The summed E-state index contributed by atoms with van der Waals surface area (Å²) < 4.78 is 1.00. The Morgan fingerprint density at radius 2 is 1.85 bits per heavy atom. The third-order valence-corrected chi connectivity index (χ3v) is 5.38. The zero-order valence-electron chi connectivity index (χ0n) is 14.2. The molecule has 0 spiro atoms. The number of oxime groups is 1. The minimum Gasteiger partial charge on any atom is -0.411 e. The zero-order valence-corrected chi connectivity index (χ0v) is 16.6. The number of aryl methyl sites for hydroxylation is 1. The monoisotopic (exact) mass is 428 g/mol. The van der Waals surface area contributed by atoms with Crippen molar-refractivity contribution in [1.82, 2.24) is 4.98 Å². The van der Waals surface area contributed by atoms with Gasteiger partial charge < -0.3 is 5.21 Å². The van der Waals surface area contributed by atoms with Crippen LogP contribution in [0.1, 0.15) is 28.7 Å². The number of pyridine rings is 1. The van der Waals surface area contributed by atoms with E-state index in [0.29, 0.717) is 11.6 Å². The van der Waals surface area contributed by atoms with Gasteiger partial charge in [0.05, 0.1) is 5.41 Å². The highest BCUT2D eigenvalue weighted by Gasteiger charge is 2.37. The minimum atomic E-state index is -0.551. The molecule has 3 nitrogen and oxygen atoms in total. The minimum absolute atomic E-state index is 0.429. The molecule has 1 unspecified atom stereocenters. The lowest BCUT2D eigenvalue weighted by Gasteiger charge is -2.36. The fourth-order valence-corrected chi connectivity index (χ4v) is 3.89. The summed E-state index contributed by atoms with van der Waals surface area (Å²) >= 11 is 9.73. The Labute approximate surface area is 166 Å². The average Bonchev–Trinajstić information content (AvgIpc) is 2.65. The first-order valence-corrected chi connectivity index (χ1v) is 9.35. The van der Waals surface area contributed by atoms with E-state index in [9.17, 15) is 0 Å². The molecule has 1 N–H and O–H groups in total. The van der Waals surface area contributed by atoms with Gasteiger partial charge in [0.25, 0.3) is 0 Å². The second-order valence-electron chi connectivity index (χ2n) is 6.10. The molecule has 1 heterocycles. The SMILES string of the molecule is Cc1ccccc1C(CC=NO)(c1ccc(Br)cc1)c1ccnc(Cl)c1. The highest BCUT2D eigenvalue weighted by Crippen LogP contribution is 2.43. The van der Waals surface area contributed by atoms with Gasteiger partial charge in [-0.05, 0) is 53.4 Å². The summed E-state index contributed by atoms with van der Waals surface area (Å²) in [6, 6.07) is 20.3. The fraction of sp³-hybridized carbons (Fsp3) is 0.143. The molecule has 1 atom stereocenters. The van der Waals surface area contributed by atoms with E-state index in [2.05, 4.69) is 57.3 Å². The maximum atomic E-state index is 9.16. The molecule has 0 saturated heterocycles. The summed E-state index contributed by atoms with van der Waals surface area (Å²) in [7, 11) is 0. The molecule has 3 rings (SSSR count). The first-order chi connectivity index (χ1) is 12.6. The van der Waals surface area contributed by atoms with Crippen molar-refractivity contribution in [3.63, 3.8) is 0 Å². The predicted octanol–water partition coefficient (Wildman–Crippen LogP) is 5.99. The molecule has 0 aliphatic carbocycles. The lowest BCUT2D eigenvalue weighted by atomic mass is 9.66. The molecule has 5 heteroatoms. The number of hydrogen-bond donors (Lipinski definition) is 1. The van der Waals surface area contributed by atoms with Crippen molar-refractivity contribution in [1.29, 1.82) is 0 Å². The van der Waals surface area contributed by atoms with Gasteiger partial charge in [0.15, 0.2) is 0 Å². The van der Waals surface area contributed by atoms with E-state index < -0.39 is 5.41 Å². The predicted molar refractivity (Wildman–Crippen MR) is 109 cm³/mol. The van der Waals surface area contributed by atoms with Gasteiger partial charge in [0.1, 0.15) is 5.15 Å². The molecule has 0 aliphatic rings. The summed E-state index contributed by atoms with van der Waals surface area (Å²) in [5, 5.41) is 12.9. The van der Waals surface area contributed by atoms with Crippen LogP contribution in [-0.4, -0.2) is 16.4 Å². The van der Waals surface area contributed by atoms with Crippen molar-refractivity contribution in [2.45, 2.75) is 18.8 Å². The van der Waals surface area contributed by atoms with E-state index in [0.717, 1.165) is 26.7 Å². The van der Waals surface area contributed by atoms with Crippen LogP contribution in [0.25, 0.3) is 0 Å². The topological polar surface area (TPSA) is 45.5 Å². The average molecular weight is 430 g/mol. The Balaban J connectivity index is 2.38. The second-order valence-corrected chi connectivity index (χ2v) is 7.40. The van der Waals surface area contributed by atoms with Crippen LogP contribution >= 0.6 is 27.5 Å². The van der Waals surface area contributed by atoms with Crippen molar-refractivity contribution in [2.75, 3.05) is 0 Å². The first kappa shape index (κ1) is 18.6. The fourth-order valence-electron chi connectivity index (χ4n) is 3.46. The van der Waals surface area contributed by atoms with Gasteiger partial charge in [0, 0.05) is 23.3 Å². The van der Waals surface area contributed by atoms with Gasteiger partial charge in [-0.3, -0.25) is 0 Å². The van der Waals surface area contributed by atoms with E-state index in [-0.39, 0.29) is 0 Å². The van der Waals surface area contributed by atoms with E-state index in [1.165, 1.54) is 6.21 Å². The highest BCUT2D eigenvalue weighted by molar-refractivity contribution is 9.10. The van der Waals surface area contributed by atoms with Gasteiger partial charge in [0.2, 0.25) is 0 Å². The largest absolute Gasteiger partial charge is 0.411 e. The smallest absolute Gasteiger partial charge is 0.129 e. The highest BCUT2D eigenvalue weighted by atomic mass is 79.9. The number of aromatic nitrogens is 1. The van der Waals surface area contributed by atoms with Crippen LogP contribution < -0.4 is 0 Å². The summed E-state index contributed by atoms with van der Waals surface area (Å²) in [5.41, 5.74) is 3.80. The Kier molecular flexibility index (Phi) is 5.74. The summed E-state index contributed by atoms with van der Waals surface area (Å²) in [6.07, 6.45) is 3.72. The van der Waals surface area contributed by atoms with Gasteiger partial charge in [-0.2, -0.15) is 0 Å². The molecule has 3 aromatic rings. The number of rotatable bonds is 5. The molecular weight excluding hydrogens is 412 g/mol. The van der Waals surface area contributed by atoms with Crippen molar-refractivity contribution in [2.24, 2.45) is 5.16 Å². The van der Waals surface area contributed by atoms with Crippen molar-refractivity contribution >= 4 is 33.7 Å². The summed E-state index contributed by atoms with van der Waals surface area (Å²) in [5.74, 6) is 0. The van der Waals surface area contributed by atoms with Crippen LogP contribution in [0.3, 0.4) is 0 Å². The van der Waals surface area contributed by atoms with Crippen LogP contribution in [0.15, 0.2) is 76.5 Å². The number of benzene rings is 2. The molecule has 0 saturated carbocycles. The van der Waals surface area contributed by atoms with Crippen molar-refractivity contribution in [3.05, 3.63) is 98.7 Å². The van der Waals surface area contributed by atoms with Gasteiger partial charge in [-0.25, -0.2) is 4.98 Å². The second kappa shape index (κ2) is 8.02. The molecule has 132 valence electrons. The van der Waals surface area contributed by atoms with E-state index >= 15 is 0 Å². The van der Waals surface area contributed by atoms with Crippen LogP contribution in [-0.2, 0) is 5.41 Å². The lowest BCUT2D eigenvalue weighted by Crippen LogP contribution is -2.31. The standard InChI is InChI=1S/C21H18BrClN2O/c1-15-4-2-3-5-19(15)21(11-13-25-26,16-6-8-18(22)9-7-16)17-10-12-24-20(23)14-17/h2-10,12-14,26H,11H2,1H3. The Morgan fingerprint density at radius 1 is 1.12 bits per heavy atom. The molecule has 0 fully saturated rings. The molecular formula is C21H18BrClN2O. The van der Waals surface area contributed by atoms with Gasteiger partial charge in [-0.15, -0.1) is 5.16 Å². The van der Waals surface area contributed by atoms with Crippen LogP contribution in [0.4, 0.5) is 0 Å². The lowest BCUT2D eigenvalue weighted by molar-refractivity contribution is 0.319. The quantitative estimate of drug-likeness (QED) is 0.234. The first-order valence-electron chi connectivity index (χ1n) is 8.18. The van der Waals surface area contributed by atoms with Crippen molar-refractivity contribution in [3.8, 4) is 0 Å². The maximum Gasteiger partial charge on any atom is 0.129 e. The van der Waals surface area contributed by atoms with Crippen LogP contribution in [0.5, 0.6) is 0 Å². The number of nitrogens with zero attached hydrogens (tertiary/aromatic N) is 2.